The van der Waals surface area contributed by atoms with Crippen LogP contribution in [0.2, 0.25) is 0 Å². The number of hydrogen-bond acceptors (Lipinski definition) is 4. The van der Waals surface area contributed by atoms with Crippen LogP contribution in [0.4, 0.5) is 5.69 Å². The second-order valence-corrected chi connectivity index (χ2v) is 7.02. The van der Waals surface area contributed by atoms with Crippen molar-refractivity contribution in [3.8, 4) is 0 Å². The Morgan fingerprint density at radius 2 is 1.76 bits per heavy atom. The molecule has 0 spiro atoms. The highest BCUT2D eigenvalue weighted by Gasteiger charge is 2.24. The Kier molecular flexibility index (Phi) is 5.20. The van der Waals surface area contributed by atoms with Gasteiger partial charge in [-0.25, -0.2) is 0 Å². The number of benzene rings is 2. The molecule has 1 aromatic heterocycles. The number of amides is 2. The van der Waals surface area contributed by atoms with E-state index in [4.69, 9.17) is 0 Å². The van der Waals surface area contributed by atoms with Crippen molar-refractivity contribution in [1.29, 1.82) is 0 Å². The van der Waals surface area contributed by atoms with Crippen LogP contribution in [-0.4, -0.2) is 33.8 Å². The predicted octanol–water partition coefficient (Wildman–Crippen LogP) is 2.25. The Labute approximate surface area is 167 Å². The van der Waals surface area contributed by atoms with Gasteiger partial charge in [-0.05, 0) is 30.5 Å². The molecule has 0 fully saturated rings. The highest BCUT2D eigenvalue weighted by atomic mass is 16.2. The topological polar surface area (TPSA) is 104 Å². The molecule has 146 valence electrons. The molecule has 7 nitrogen and oxygen atoms in total. The lowest BCUT2D eigenvalue weighted by molar-refractivity contribution is -0.136. The summed E-state index contributed by atoms with van der Waals surface area (Å²) in [6, 6.07) is 15.3. The first-order chi connectivity index (χ1) is 14.1. The van der Waals surface area contributed by atoms with E-state index in [1.165, 1.54) is 0 Å². The van der Waals surface area contributed by atoms with Gasteiger partial charge in [-0.1, -0.05) is 42.5 Å². The molecule has 4 rings (SSSR count). The average Bonchev–Trinajstić information content (AvgIpc) is 3.22. The Balaban J connectivity index is 1.38. The van der Waals surface area contributed by atoms with Gasteiger partial charge in [0.25, 0.3) is 0 Å². The molecule has 1 aliphatic rings. The first kappa shape index (κ1) is 18.6. The number of hydrogen-bond donors (Lipinski definition) is 3. The predicted molar refractivity (Wildman–Crippen MR) is 107 cm³/mol. The first-order valence-electron chi connectivity index (χ1n) is 9.43. The standard InChI is InChI=1S/C22H20N4O3/c27-20(14-5-2-1-3-6-14)15-7-4-8-17(11-15)24-21(28)22(29)25-18-10-9-16-13-23-26-19(16)12-18/h1-8,11,13,18H,9-10,12H2,(H,23,26)(H,24,28)(H,25,29)/t18-/m1/s1. The molecule has 0 aliphatic heterocycles. The highest BCUT2D eigenvalue weighted by molar-refractivity contribution is 6.39. The van der Waals surface area contributed by atoms with Crippen LogP contribution >= 0.6 is 0 Å². The largest absolute Gasteiger partial charge is 0.345 e. The molecule has 2 amide bonds. The molecule has 3 aromatic rings. The number of nitrogens with one attached hydrogen (secondary N) is 3. The van der Waals surface area contributed by atoms with Crippen LogP contribution < -0.4 is 10.6 Å². The van der Waals surface area contributed by atoms with E-state index in [0.717, 1.165) is 24.1 Å². The van der Waals surface area contributed by atoms with E-state index < -0.39 is 11.8 Å². The van der Waals surface area contributed by atoms with Gasteiger partial charge >= 0.3 is 11.8 Å². The second-order valence-electron chi connectivity index (χ2n) is 7.02. The SMILES string of the molecule is O=C(Nc1cccc(C(=O)c2ccccc2)c1)C(=O)N[C@@H]1CCc2cn[nH]c2C1. The van der Waals surface area contributed by atoms with E-state index in [2.05, 4.69) is 20.8 Å². The van der Waals surface area contributed by atoms with Crippen LogP contribution in [0.15, 0.2) is 60.8 Å². The molecule has 7 heteroatoms. The molecule has 1 aliphatic carbocycles. The van der Waals surface area contributed by atoms with Gasteiger partial charge in [0.1, 0.15) is 0 Å². The lowest BCUT2D eigenvalue weighted by atomic mass is 9.94. The summed E-state index contributed by atoms with van der Waals surface area (Å²) in [5.41, 5.74) is 3.54. The highest BCUT2D eigenvalue weighted by Crippen LogP contribution is 2.19. The van der Waals surface area contributed by atoms with Crippen LogP contribution in [0.1, 0.15) is 33.6 Å². The fourth-order valence-electron chi connectivity index (χ4n) is 3.46. The molecule has 0 saturated carbocycles. The third-order valence-electron chi connectivity index (χ3n) is 4.98. The number of H-pyrrole nitrogens is 1. The van der Waals surface area contributed by atoms with Crippen molar-refractivity contribution in [1.82, 2.24) is 15.5 Å². The summed E-state index contributed by atoms with van der Waals surface area (Å²) in [4.78, 5) is 37.2. The van der Waals surface area contributed by atoms with Crippen molar-refractivity contribution in [3.63, 3.8) is 0 Å². The number of anilines is 1. The smallest absolute Gasteiger partial charge is 0.313 e. The second kappa shape index (κ2) is 8.10. The van der Waals surface area contributed by atoms with E-state index in [1.807, 2.05) is 6.07 Å². The lowest BCUT2D eigenvalue weighted by Crippen LogP contribution is -2.44. The van der Waals surface area contributed by atoms with Crippen LogP contribution in [-0.2, 0) is 22.4 Å². The Hall–Kier alpha value is -3.74. The van der Waals surface area contributed by atoms with Gasteiger partial charge < -0.3 is 10.6 Å². The molecule has 1 heterocycles. The van der Waals surface area contributed by atoms with Gasteiger partial charge in [0.15, 0.2) is 5.78 Å². The average molecular weight is 388 g/mol. The van der Waals surface area contributed by atoms with E-state index in [9.17, 15) is 14.4 Å². The fraction of sp³-hybridized carbons (Fsp3) is 0.182. The Morgan fingerprint density at radius 1 is 0.966 bits per heavy atom. The molecular formula is C22H20N4O3. The van der Waals surface area contributed by atoms with Crippen molar-refractivity contribution in [2.45, 2.75) is 25.3 Å². The number of carbonyl (C=O) groups is 3. The maximum absolute atomic E-state index is 12.6. The van der Waals surface area contributed by atoms with Crippen molar-refractivity contribution in [2.24, 2.45) is 0 Å². The number of aryl methyl sites for hydroxylation is 1. The summed E-state index contributed by atoms with van der Waals surface area (Å²) < 4.78 is 0. The third-order valence-corrected chi connectivity index (χ3v) is 4.98. The number of aromatic nitrogens is 2. The number of aromatic amines is 1. The molecule has 0 saturated heterocycles. The Morgan fingerprint density at radius 3 is 2.59 bits per heavy atom. The van der Waals surface area contributed by atoms with Gasteiger partial charge in [-0.15, -0.1) is 0 Å². The molecule has 29 heavy (non-hydrogen) atoms. The van der Waals surface area contributed by atoms with Gasteiger partial charge in [-0.3, -0.25) is 19.5 Å². The number of fused-ring (bicyclic) bond motifs is 1. The summed E-state index contributed by atoms with van der Waals surface area (Å²) >= 11 is 0. The minimum absolute atomic E-state index is 0.118. The number of rotatable bonds is 4. The minimum Gasteiger partial charge on any atom is -0.345 e. The summed E-state index contributed by atoms with van der Waals surface area (Å²) in [6.45, 7) is 0. The van der Waals surface area contributed by atoms with Gasteiger partial charge in [-0.2, -0.15) is 5.10 Å². The van der Waals surface area contributed by atoms with Crippen molar-refractivity contribution < 1.29 is 14.4 Å². The molecular weight excluding hydrogens is 368 g/mol. The van der Waals surface area contributed by atoms with Crippen LogP contribution in [0.5, 0.6) is 0 Å². The molecule has 0 unspecified atom stereocenters. The Bertz CT molecular complexity index is 1060. The number of carbonyl (C=O) groups excluding carboxylic acids is 3. The van der Waals surface area contributed by atoms with Gasteiger partial charge in [0.05, 0.1) is 6.20 Å². The zero-order chi connectivity index (χ0) is 20.2. The molecule has 0 bridgehead atoms. The van der Waals surface area contributed by atoms with Crippen LogP contribution in [0.25, 0.3) is 0 Å². The molecule has 1 atom stereocenters. The van der Waals surface area contributed by atoms with Crippen molar-refractivity contribution in [2.75, 3.05) is 5.32 Å². The normalized spacial score (nSPS) is 15.2. The fourth-order valence-corrected chi connectivity index (χ4v) is 3.46. The van der Waals surface area contributed by atoms with Crippen LogP contribution in [0.3, 0.4) is 0 Å². The molecule has 0 radical (unpaired) electrons. The lowest BCUT2D eigenvalue weighted by Gasteiger charge is -2.22. The van der Waals surface area contributed by atoms with Crippen molar-refractivity contribution >= 4 is 23.3 Å². The molecule has 2 aromatic carbocycles. The number of ketones is 1. The molecule has 3 N–H and O–H groups in total. The summed E-state index contributed by atoms with van der Waals surface area (Å²) in [6.07, 6.45) is 3.98. The summed E-state index contributed by atoms with van der Waals surface area (Å²) in [5.74, 6) is -1.61. The first-order valence-corrected chi connectivity index (χ1v) is 9.43. The van der Waals surface area contributed by atoms with Gasteiger partial charge in [0, 0.05) is 35.0 Å². The van der Waals surface area contributed by atoms with Crippen molar-refractivity contribution in [3.05, 3.63) is 83.2 Å². The summed E-state index contributed by atoms with van der Waals surface area (Å²) in [7, 11) is 0. The van der Waals surface area contributed by atoms with E-state index in [-0.39, 0.29) is 11.8 Å². The summed E-state index contributed by atoms with van der Waals surface area (Å²) in [5, 5.41) is 12.3. The zero-order valence-electron chi connectivity index (χ0n) is 15.6. The van der Waals surface area contributed by atoms with E-state index in [1.54, 1.807) is 54.7 Å². The van der Waals surface area contributed by atoms with E-state index >= 15 is 0 Å². The third kappa shape index (κ3) is 4.24. The number of nitrogens with zero attached hydrogens (tertiary/aromatic N) is 1. The monoisotopic (exact) mass is 388 g/mol. The van der Waals surface area contributed by atoms with Gasteiger partial charge in [0.2, 0.25) is 0 Å². The zero-order valence-corrected chi connectivity index (χ0v) is 15.6. The minimum atomic E-state index is -0.760. The maximum atomic E-state index is 12.6. The van der Waals surface area contributed by atoms with Crippen LogP contribution in [0, 0.1) is 0 Å². The van der Waals surface area contributed by atoms with E-state index in [0.29, 0.717) is 23.2 Å². The quantitative estimate of drug-likeness (QED) is 0.471. The maximum Gasteiger partial charge on any atom is 0.313 e.